The van der Waals surface area contributed by atoms with Crippen molar-refractivity contribution < 1.29 is 0 Å². The minimum atomic E-state index is 0.374. The molecule has 15 heavy (non-hydrogen) atoms. The average Bonchev–Trinajstić information content (AvgIpc) is 2.17. The van der Waals surface area contributed by atoms with Crippen molar-refractivity contribution in [1.29, 1.82) is 0 Å². The lowest BCUT2D eigenvalue weighted by atomic mass is 10.1. The van der Waals surface area contributed by atoms with E-state index in [-0.39, 0.29) is 0 Å². The van der Waals surface area contributed by atoms with Gasteiger partial charge in [0.2, 0.25) is 0 Å². The molecule has 0 spiro atoms. The highest BCUT2D eigenvalue weighted by molar-refractivity contribution is 5.03. The molecule has 0 radical (unpaired) electrons. The van der Waals surface area contributed by atoms with Crippen molar-refractivity contribution in [1.82, 2.24) is 15.0 Å². The Morgan fingerprint density at radius 3 is 2.13 bits per heavy atom. The van der Waals surface area contributed by atoms with Crippen LogP contribution in [0.5, 0.6) is 0 Å². The van der Waals surface area contributed by atoms with Gasteiger partial charge in [-0.05, 0) is 13.3 Å². The number of aryl methyl sites for hydroxylation is 1. The van der Waals surface area contributed by atoms with Crippen LogP contribution in [-0.2, 0) is 0 Å². The molecule has 1 unspecified atom stereocenters. The first-order valence-electron chi connectivity index (χ1n) is 5.77. The Labute approximate surface area is 92.4 Å². The van der Waals surface area contributed by atoms with Crippen LogP contribution in [0.4, 0.5) is 0 Å². The number of hydrogen-bond acceptors (Lipinski definition) is 3. The van der Waals surface area contributed by atoms with Crippen molar-refractivity contribution in [2.75, 3.05) is 0 Å². The van der Waals surface area contributed by atoms with Crippen molar-refractivity contribution >= 4 is 0 Å². The number of aromatic nitrogens is 3. The lowest BCUT2D eigenvalue weighted by Gasteiger charge is -2.11. The van der Waals surface area contributed by atoms with Crippen molar-refractivity contribution in [2.45, 2.75) is 59.3 Å². The van der Waals surface area contributed by atoms with E-state index in [1.54, 1.807) is 0 Å². The van der Waals surface area contributed by atoms with E-state index in [0.717, 1.165) is 23.9 Å². The van der Waals surface area contributed by atoms with Gasteiger partial charge < -0.3 is 0 Å². The highest BCUT2D eigenvalue weighted by Gasteiger charge is 2.12. The standard InChI is InChI=1S/C12H21N3/c1-6-7-9(4)12-14-10(5)13-11(15-12)8(2)3/h8-9H,6-7H2,1-5H3. The van der Waals surface area contributed by atoms with Crippen LogP contribution >= 0.6 is 0 Å². The molecule has 1 heterocycles. The third-order valence-corrected chi connectivity index (χ3v) is 2.46. The zero-order chi connectivity index (χ0) is 11.4. The number of rotatable bonds is 4. The summed E-state index contributed by atoms with van der Waals surface area (Å²) in [7, 11) is 0. The van der Waals surface area contributed by atoms with Crippen LogP contribution in [0.15, 0.2) is 0 Å². The second-order valence-electron chi connectivity index (χ2n) is 4.44. The first-order chi connectivity index (χ1) is 7.04. The monoisotopic (exact) mass is 207 g/mol. The van der Waals surface area contributed by atoms with Crippen LogP contribution in [-0.4, -0.2) is 15.0 Å². The summed E-state index contributed by atoms with van der Waals surface area (Å²) >= 11 is 0. The van der Waals surface area contributed by atoms with E-state index in [1.807, 2.05) is 6.92 Å². The summed E-state index contributed by atoms with van der Waals surface area (Å²) in [5.41, 5.74) is 0. The van der Waals surface area contributed by atoms with Crippen LogP contribution in [0.25, 0.3) is 0 Å². The second kappa shape index (κ2) is 5.19. The summed E-state index contributed by atoms with van der Waals surface area (Å²) in [4.78, 5) is 13.3. The van der Waals surface area contributed by atoms with Crippen molar-refractivity contribution in [3.05, 3.63) is 17.5 Å². The molecule has 0 bridgehead atoms. The average molecular weight is 207 g/mol. The van der Waals surface area contributed by atoms with Gasteiger partial charge in [-0.3, -0.25) is 0 Å². The highest BCUT2D eigenvalue weighted by Crippen LogP contribution is 2.18. The molecular weight excluding hydrogens is 186 g/mol. The Hall–Kier alpha value is -0.990. The summed E-state index contributed by atoms with van der Waals surface area (Å²) in [6.45, 7) is 10.5. The molecule has 0 aromatic carbocycles. The van der Waals surface area contributed by atoms with E-state index < -0.39 is 0 Å². The van der Waals surface area contributed by atoms with Crippen LogP contribution in [0.3, 0.4) is 0 Å². The molecule has 0 aliphatic rings. The predicted molar refractivity (Wildman–Crippen MR) is 62.0 cm³/mol. The smallest absolute Gasteiger partial charge is 0.135 e. The first-order valence-corrected chi connectivity index (χ1v) is 5.77. The topological polar surface area (TPSA) is 38.7 Å². The Balaban J connectivity index is 2.98. The van der Waals surface area contributed by atoms with Crippen molar-refractivity contribution in [2.24, 2.45) is 0 Å². The maximum atomic E-state index is 4.53. The highest BCUT2D eigenvalue weighted by atomic mass is 15.0. The van der Waals surface area contributed by atoms with Gasteiger partial charge in [-0.2, -0.15) is 0 Å². The molecule has 3 heteroatoms. The van der Waals surface area contributed by atoms with Crippen LogP contribution < -0.4 is 0 Å². The predicted octanol–water partition coefficient (Wildman–Crippen LogP) is 3.21. The minimum absolute atomic E-state index is 0.374. The fraction of sp³-hybridized carbons (Fsp3) is 0.750. The summed E-state index contributed by atoms with van der Waals surface area (Å²) < 4.78 is 0. The van der Waals surface area contributed by atoms with Gasteiger partial charge in [-0.1, -0.05) is 34.1 Å². The molecular formula is C12H21N3. The SMILES string of the molecule is CCCC(C)c1nc(C)nc(C(C)C)n1. The van der Waals surface area contributed by atoms with Gasteiger partial charge in [-0.25, -0.2) is 15.0 Å². The molecule has 0 saturated heterocycles. The van der Waals surface area contributed by atoms with Crippen molar-refractivity contribution in [3.8, 4) is 0 Å². The van der Waals surface area contributed by atoms with Gasteiger partial charge in [-0.15, -0.1) is 0 Å². The molecule has 1 aromatic rings. The van der Waals surface area contributed by atoms with Gasteiger partial charge in [0.25, 0.3) is 0 Å². The molecule has 0 saturated carbocycles. The quantitative estimate of drug-likeness (QED) is 0.761. The molecule has 0 aliphatic carbocycles. The second-order valence-corrected chi connectivity index (χ2v) is 4.44. The molecule has 0 N–H and O–H groups in total. The van der Waals surface area contributed by atoms with Gasteiger partial charge in [0, 0.05) is 11.8 Å². The summed E-state index contributed by atoms with van der Waals surface area (Å²) in [6, 6.07) is 0. The number of nitrogens with zero attached hydrogens (tertiary/aromatic N) is 3. The summed E-state index contributed by atoms with van der Waals surface area (Å²) in [5.74, 6) is 3.52. The molecule has 3 nitrogen and oxygen atoms in total. The fourth-order valence-corrected chi connectivity index (χ4v) is 1.56. The minimum Gasteiger partial charge on any atom is -0.218 e. The van der Waals surface area contributed by atoms with E-state index in [9.17, 15) is 0 Å². The molecule has 0 aliphatic heterocycles. The van der Waals surface area contributed by atoms with Gasteiger partial charge in [0.05, 0.1) is 0 Å². The third kappa shape index (κ3) is 3.26. The molecule has 1 aromatic heterocycles. The number of hydrogen-bond donors (Lipinski definition) is 0. The summed E-state index contributed by atoms with van der Waals surface area (Å²) in [6.07, 6.45) is 2.31. The third-order valence-electron chi connectivity index (χ3n) is 2.46. The Morgan fingerprint density at radius 1 is 1.00 bits per heavy atom. The maximum Gasteiger partial charge on any atom is 0.135 e. The first kappa shape index (κ1) is 12.1. The fourth-order valence-electron chi connectivity index (χ4n) is 1.56. The maximum absolute atomic E-state index is 4.53. The van der Waals surface area contributed by atoms with Gasteiger partial charge in [0.1, 0.15) is 17.5 Å². The van der Waals surface area contributed by atoms with E-state index in [0.29, 0.717) is 11.8 Å². The molecule has 1 atom stereocenters. The normalized spacial score (nSPS) is 13.2. The van der Waals surface area contributed by atoms with Gasteiger partial charge in [0.15, 0.2) is 0 Å². The molecule has 0 fully saturated rings. The molecule has 1 rings (SSSR count). The van der Waals surface area contributed by atoms with Gasteiger partial charge >= 0.3 is 0 Å². The Morgan fingerprint density at radius 2 is 1.60 bits per heavy atom. The zero-order valence-corrected chi connectivity index (χ0v) is 10.4. The van der Waals surface area contributed by atoms with Crippen LogP contribution in [0.2, 0.25) is 0 Å². The molecule has 0 amide bonds. The lowest BCUT2D eigenvalue weighted by molar-refractivity contribution is 0.601. The van der Waals surface area contributed by atoms with E-state index in [1.165, 1.54) is 6.42 Å². The van der Waals surface area contributed by atoms with E-state index >= 15 is 0 Å². The summed E-state index contributed by atoms with van der Waals surface area (Å²) in [5, 5.41) is 0. The van der Waals surface area contributed by atoms with E-state index in [2.05, 4.69) is 42.6 Å². The Kier molecular flexibility index (Phi) is 4.18. The largest absolute Gasteiger partial charge is 0.218 e. The lowest BCUT2D eigenvalue weighted by Crippen LogP contribution is -2.09. The Bertz CT molecular complexity index is 321. The zero-order valence-electron chi connectivity index (χ0n) is 10.4. The van der Waals surface area contributed by atoms with Crippen LogP contribution in [0.1, 0.15) is 69.8 Å². The van der Waals surface area contributed by atoms with E-state index in [4.69, 9.17) is 0 Å². The van der Waals surface area contributed by atoms with Crippen molar-refractivity contribution in [3.63, 3.8) is 0 Å². The molecule has 84 valence electrons. The van der Waals surface area contributed by atoms with Crippen LogP contribution in [0, 0.1) is 6.92 Å².